The van der Waals surface area contributed by atoms with E-state index < -0.39 is 5.82 Å². The van der Waals surface area contributed by atoms with E-state index in [0.29, 0.717) is 6.42 Å². The van der Waals surface area contributed by atoms with Crippen LogP contribution in [0.2, 0.25) is 5.02 Å². The number of hydrogen-bond donors (Lipinski definition) is 0. The Morgan fingerprint density at radius 1 is 1.46 bits per heavy atom. The fourth-order valence-corrected chi connectivity index (χ4v) is 1.29. The van der Waals surface area contributed by atoms with Gasteiger partial charge in [-0.15, -0.1) is 0 Å². The molecule has 0 heterocycles. The van der Waals surface area contributed by atoms with Crippen LogP contribution in [0.25, 0.3) is 0 Å². The molecule has 0 saturated carbocycles. The highest BCUT2D eigenvalue weighted by Crippen LogP contribution is 2.17. The summed E-state index contributed by atoms with van der Waals surface area (Å²) in [7, 11) is 0. The monoisotopic (exact) mass is 200 g/mol. The first kappa shape index (κ1) is 10.2. The van der Waals surface area contributed by atoms with Crippen LogP contribution in [-0.4, -0.2) is 6.29 Å². The smallest absolute Gasteiger partial charge is 0.141 e. The molecule has 0 amide bonds. The van der Waals surface area contributed by atoms with Crippen LogP contribution in [0.4, 0.5) is 4.39 Å². The van der Waals surface area contributed by atoms with E-state index in [4.69, 9.17) is 11.6 Å². The van der Waals surface area contributed by atoms with E-state index in [1.165, 1.54) is 6.07 Å². The van der Waals surface area contributed by atoms with Gasteiger partial charge < -0.3 is 4.79 Å². The zero-order valence-corrected chi connectivity index (χ0v) is 7.85. The molecule has 0 bridgehead atoms. The molecule has 0 spiro atoms. The molecule has 0 fully saturated rings. The predicted octanol–water partition coefficient (Wildman–Crippen LogP) is 3.00. The predicted molar refractivity (Wildman–Crippen MR) is 50.4 cm³/mol. The van der Waals surface area contributed by atoms with Gasteiger partial charge in [-0.25, -0.2) is 4.39 Å². The number of carbonyl (C=O) groups is 1. The van der Waals surface area contributed by atoms with Crippen molar-refractivity contribution in [2.45, 2.75) is 19.3 Å². The lowest BCUT2D eigenvalue weighted by Gasteiger charge is -2.00. The fourth-order valence-electron chi connectivity index (χ4n) is 1.08. The van der Waals surface area contributed by atoms with Gasteiger partial charge in [0.05, 0.1) is 5.02 Å². The number of carbonyl (C=O) groups excluding carboxylic acids is 1. The van der Waals surface area contributed by atoms with Gasteiger partial charge >= 0.3 is 0 Å². The molecule has 0 aliphatic carbocycles. The lowest BCUT2D eigenvalue weighted by Crippen LogP contribution is -1.87. The number of aryl methyl sites for hydroxylation is 1. The van der Waals surface area contributed by atoms with Crippen LogP contribution in [0.3, 0.4) is 0 Å². The highest BCUT2D eigenvalue weighted by molar-refractivity contribution is 6.30. The highest BCUT2D eigenvalue weighted by Gasteiger charge is 2.00. The van der Waals surface area contributed by atoms with Crippen LogP contribution >= 0.6 is 11.6 Å². The van der Waals surface area contributed by atoms with Crippen molar-refractivity contribution in [3.63, 3.8) is 0 Å². The Kier molecular flexibility index (Phi) is 3.90. The average Bonchev–Trinajstić information content (AvgIpc) is 2.12. The Balaban J connectivity index is 2.57. The largest absolute Gasteiger partial charge is 0.303 e. The number of halogens is 2. The van der Waals surface area contributed by atoms with Crippen LogP contribution in [0.1, 0.15) is 18.4 Å². The van der Waals surface area contributed by atoms with E-state index in [2.05, 4.69) is 0 Å². The van der Waals surface area contributed by atoms with Crippen LogP contribution in [-0.2, 0) is 11.2 Å². The summed E-state index contributed by atoms with van der Waals surface area (Å²) in [6.07, 6.45) is 2.96. The molecule has 3 heteroatoms. The fraction of sp³-hybridized carbons (Fsp3) is 0.300. The third-order valence-electron chi connectivity index (χ3n) is 1.77. The van der Waals surface area contributed by atoms with Crippen LogP contribution in [0.15, 0.2) is 18.2 Å². The minimum atomic E-state index is -0.402. The molecule has 0 saturated heterocycles. The maximum atomic E-state index is 12.7. The Labute approximate surface area is 81.5 Å². The van der Waals surface area contributed by atoms with Gasteiger partial charge in [-0.1, -0.05) is 17.7 Å². The summed E-state index contributed by atoms with van der Waals surface area (Å²) >= 11 is 5.58. The van der Waals surface area contributed by atoms with Crippen molar-refractivity contribution in [2.75, 3.05) is 0 Å². The van der Waals surface area contributed by atoms with Crippen LogP contribution < -0.4 is 0 Å². The quantitative estimate of drug-likeness (QED) is 0.540. The molecule has 0 aromatic heterocycles. The van der Waals surface area contributed by atoms with Gasteiger partial charge in [0.15, 0.2) is 0 Å². The second kappa shape index (κ2) is 4.97. The zero-order valence-electron chi connectivity index (χ0n) is 7.09. The number of benzene rings is 1. The van der Waals surface area contributed by atoms with Crippen LogP contribution in [0.5, 0.6) is 0 Å². The first-order chi connectivity index (χ1) is 6.24. The van der Waals surface area contributed by atoms with Gasteiger partial charge in [0.2, 0.25) is 0 Å². The van der Waals surface area contributed by atoms with Gasteiger partial charge in [-0.3, -0.25) is 0 Å². The van der Waals surface area contributed by atoms with E-state index in [1.54, 1.807) is 12.1 Å². The van der Waals surface area contributed by atoms with Gasteiger partial charge in [0.25, 0.3) is 0 Å². The van der Waals surface area contributed by atoms with Crippen molar-refractivity contribution in [3.05, 3.63) is 34.6 Å². The minimum absolute atomic E-state index is 0.142. The summed E-state index contributed by atoms with van der Waals surface area (Å²) in [6, 6.07) is 4.63. The molecule has 0 aliphatic rings. The number of unbranched alkanes of at least 4 members (excludes halogenated alkanes) is 1. The molecule has 0 atom stereocenters. The van der Waals surface area contributed by atoms with Crippen molar-refractivity contribution in [3.8, 4) is 0 Å². The molecular formula is C10H10ClFO. The summed E-state index contributed by atoms with van der Waals surface area (Å²) in [5, 5.41) is 0.142. The van der Waals surface area contributed by atoms with E-state index >= 15 is 0 Å². The lowest BCUT2D eigenvalue weighted by atomic mass is 10.1. The molecule has 1 rings (SSSR count). The topological polar surface area (TPSA) is 17.1 Å². The third-order valence-corrected chi connectivity index (χ3v) is 2.06. The van der Waals surface area contributed by atoms with Crippen molar-refractivity contribution < 1.29 is 9.18 Å². The van der Waals surface area contributed by atoms with Crippen molar-refractivity contribution in [1.29, 1.82) is 0 Å². The van der Waals surface area contributed by atoms with Gasteiger partial charge in [-0.05, 0) is 30.5 Å². The Morgan fingerprint density at radius 3 is 2.85 bits per heavy atom. The standard InChI is InChI=1S/C10H10ClFO/c11-9-7-8(3-1-2-6-13)4-5-10(9)12/h4-7H,1-3H2. The highest BCUT2D eigenvalue weighted by atomic mass is 35.5. The van der Waals surface area contributed by atoms with Gasteiger partial charge in [-0.2, -0.15) is 0 Å². The summed E-state index contributed by atoms with van der Waals surface area (Å²) in [5.41, 5.74) is 0.966. The third kappa shape index (κ3) is 3.15. The van der Waals surface area contributed by atoms with Gasteiger partial charge in [0.1, 0.15) is 12.1 Å². The second-order valence-corrected chi connectivity index (χ2v) is 3.21. The van der Waals surface area contributed by atoms with Crippen molar-refractivity contribution >= 4 is 17.9 Å². The summed E-state index contributed by atoms with van der Waals surface area (Å²) in [5.74, 6) is -0.402. The number of rotatable bonds is 4. The van der Waals surface area contributed by atoms with Crippen molar-refractivity contribution in [2.24, 2.45) is 0 Å². The second-order valence-electron chi connectivity index (χ2n) is 2.81. The molecule has 1 nitrogen and oxygen atoms in total. The molecular weight excluding hydrogens is 191 g/mol. The van der Waals surface area contributed by atoms with Gasteiger partial charge in [0, 0.05) is 6.42 Å². The molecule has 1 aromatic carbocycles. The first-order valence-corrected chi connectivity index (χ1v) is 4.49. The summed E-state index contributed by atoms with van der Waals surface area (Å²) < 4.78 is 12.7. The number of aldehydes is 1. The van der Waals surface area contributed by atoms with E-state index in [9.17, 15) is 9.18 Å². The molecule has 0 aliphatic heterocycles. The van der Waals surface area contributed by atoms with E-state index in [-0.39, 0.29) is 5.02 Å². The molecule has 0 unspecified atom stereocenters. The SMILES string of the molecule is O=CCCCc1ccc(F)c(Cl)c1. The molecule has 0 radical (unpaired) electrons. The Bertz CT molecular complexity index is 299. The zero-order chi connectivity index (χ0) is 9.68. The molecule has 70 valence electrons. The Hall–Kier alpha value is -0.890. The van der Waals surface area contributed by atoms with E-state index in [1.807, 2.05) is 0 Å². The summed E-state index contributed by atoms with van der Waals surface area (Å²) in [6.45, 7) is 0. The average molecular weight is 201 g/mol. The maximum Gasteiger partial charge on any atom is 0.141 e. The minimum Gasteiger partial charge on any atom is -0.303 e. The molecule has 13 heavy (non-hydrogen) atoms. The van der Waals surface area contributed by atoms with Crippen molar-refractivity contribution in [1.82, 2.24) is 0 Å². The normalized spacial score (nSPS) is 10.0. The Morgan fingerprint density at radius 2 is 2.23 bits per heavy atom. The van der Waals surface area contributed by atoms with Crippen LogP contribution in [0, 0.1) is 5.82 Å². The van der Waals surface area contributed by atoms with E-state index in [0.717, 1.165) is 24.7 Å². The summed E-state index contributed by atoms with van der Waals surface area (Å²) in [4.78, 5) is 10.0. The molecule has 0 N–H and O–H groups in total. The lowest BCUT2D eigenvalue weighted by molar-refractivity contribution is -0.107. The maximum absolute atomic E-state index is 12.7. The molecule has 1 aromatic rings. The first-order valence-electron chi connectivity index (χ1n) is 4.11. The number of hydrogen-bond acceptors (Lipinski definition) is 1.